The van der Waals surface area contributed by atoms with Gasteiger partial charge in [0.05, 0.1) is 5.75 Å². The van der Waals surface area contributed by atoms with Crippen molar-refractivity contribution in [2.45, 2.75) is 43.3 Å². The van der Waals surface area contributed by atoms with E-state index in [9.17, 15) is 0 Å². The largest absolute Gasteiger partial charge is 0.370 e. The number of hydrogen-bond donors (Lipinski definition) is 1. The Bertz CT molecular complexity index is 606. The second kappa shape index (κ2) is 6.48. The van der Waals surface area contributed by atoms with Gasteiger partial charge in [-0.2, -0.15) is 0 Å². The van der Waals surface area contributed by atoms with E-state index in [1.807, 2.05) is 0 Å². The van der Waals surface area contributed by atoms with Crippen molar-refractivity contribution in [3.8, 4) is 0 Å². The molecule has 3 nitrogen and oxygen atoms in total. The quantitative estimate of drug-likeness (QED) is 0.803. The lowest BCUT2D eigenvalue weighted by Gasteiger charge is -2.08. The Labute approximate surface area is 130 Å². The summed E-state index contributed by atoms with van der Waals surface area (Å²) in [6, 6.07) is 10.7. The molecular weight excluding hydrogens is 278 g/mol. The van der Waals surface area contributed by atoms with Crippen molar-refractivity contribution in [2.24, 2.45) is 0 Å². The zero-order chi connectivity index (χ0) is 14.7. The number of aryl methyl sites for hydroxylation is 1. The normalized spacial score (nSPS) is 14.2. The van der Waals surface area contributed by atoms with Gasteiger partial charge in [-0.1, -0.05) is 17.7 Å². The third-order valence-corrected chi connectivity index (χ3v) is 4.54. The summed E-state index contributed by atoms with van der Waals surface area (Å²) in [5.41, 5.74) is 2.50. The Morgan fingerprint density at radius 3 is 2.62 bits per heavy atom. The van der Waals surface area contributed by atoms with Crippen LogP contribution in [-0.4, -0.2) is 16.5 Å². The van der Waals surface area contributed by atoms with Gasteiger partial charge in [0.2, 0.25) is 0 Å². The highest BCUT2D eigenvalue weighted by molar-refractivity contribution is 7.98. The van der Waals surface area contributed by atoms with E-state index in [-0.39, 0.29) is 0 Å². The van der Waals surface area contributed by atoms with E-state index in [2.05, 4.69) is 54.5 Å². The molecule has 0 spiro atoms. The summed E-state index contributed by atoms with van der Waals surface area (Å²) in [6.07, 6.45) is 2.54. The first kappa shape index (κ1) is 14.4. The van der Waals surface area contributed by atoms with Gasteiger partial charge in [0.25, 0.3) is 0 Å². The van der Waals surface area contributed by atoms with Gasteiger partial charge in [-0.25, -0.2) is 9.97 Å². The van der Waals surface area contributed by atoms with Gasteiger partial charge in [-0.05, 0) is 38.8 Å². The zero-order valence-corrected chi connectivity index (χ0v) is 13.4. The lowest BCUT2D eigenvalue weighted by molar-refractivity contribution is 0.928. The third kappa shape index (κ3) is 3.97. The minimum absolute atomic E-state index is 0.661. The van der Waals surface area contributed by atoms with Crippen molar-refractivity contribution in [3.05, 3.63) is 47.4 Å². The lowest BCUT2D eigenvalue weighted by atomic mass is 10.2. The predicted molar refractivity (Wildman–Crippen MR) is 88.9 cm³/mol. The number of benzene rings is 1. The van der Waals surface area contributed by atoms with Crippen LogP contribution in [0, 0.1) is 6.92 Å². The summed E-state index contributed by atoms with van der Waals surface area (Å²) in [7, 11) is 0. The highest BCUT2D eigenvalue weighted by Crippen LogP contribution is 2.39. The number of nitrogens with zero attached hydrogens (tertiary/aromatic N) is 2. The zero-order valence-electron chi connectivity index (χ0n) is 12.6. The summed E-state index contributed by atoms with van der Waals surface area (Å²) >= 11 is 1.80. The average molecular weight is 299 g/mol. The molecule has 0 atom stereocenters. The Kier molecular flexibility index (Phi) is 4.44. The van der Waals surface area contributed by atoms with Crippen molar-refractivity contribution in [1.82, 2.24) is 9.97 Å². The number of hydrogen-bond acceptors (Lipinski definition) is 4. The number of nitrogens with one attached hydrogen (secondary N) is 1. The van der Waals surface area contributed by atoms with Crippen molar-refractivity contribution in [3.63, 3.8) is 0 Å². The van der Waals surface area contributed by atoms with E-state index in [1.54, 1.807) is 11.8 Å². The number of thioether (sulfide) groups is 1. The van der Waals surface area contributed by atoms with Crippen LogP contribution in [0.25, 0.3) is 0 Å². The Morgan fingerprint density at radius 1 is 1.19 bits per heavy atom. The topological polar surface area (TPSA) is 37.8 Å². The molecule has 21 heavy (non-hydrogen) atoms. The van der Waals surface area contributed by atoms with Crippen LogP contribution in [0.4, 0.5) is 5.82 Å². The van der Waals surface area contributed by atoms with Crippen LogP contribution in [0.1, 0.15) is 42.8 Å². The first-order valence-corrected chi connectivity index (χ1v) is 8.54. The van der Waals surface area contributed by atoms with Gasteiger partial charge in [0, 0.05) is 29.1 Å². The Morgan fingerprint density at radius 2 is 1.95 bits per heavy atom. The minimum atomic E-state index is 0.661. The molecule has 2 aromatic rings. The van der Waals surface area contributed by atoms with Crippen LogP contribution in [-0.2, 0) is 5.75 Å². The SMILES string of the molecule is CCNc1cc(C2CC2)nc(CSc2ccc(C)cc2)n1. The summed E-state index contributed by atoms with van der Waals surface area (Å²) < 4.78 is 0. The van der Waals surface area contributed by atoms with Crippen LogP contribution in [0.3, 0.4) is 0 Å². The van der Waals surface area contributed by atoms with Crippen LogP contribution >= 0.6 is 11.8 Å². The molecule has 4 heteroatoms. The molecule has 0 amide bonds. The number of anilines is 1. The summed E-state index contributed by atoms with van der Waals surface area (Å²) in [6.45, 7) is 5.10. The van der Waals surface area contributed by atoms with Crippen molar-refractivity contribution >= 4 is 17.6 Å². The fourth-order valence-electron chi connectivity index (χ4n) is 2.22. The molecule has 1 aromatic heterocycles. The highest BCUT2D eigenvalue weighted by Gasteiger charge is 2.26. The van der Waals surface area contributed by atoms with Crippen LogP contribution < -0.4 is 5.32 Å². The van der Waals surface area contributed by atoms with E-state index in [1.165, 1.54) is 29.0 Å². The maximum atomic E-state index is 4.74. The third-order valence-electron chi connectivity index (χ3n) is 3.53. The van der Waals surface area contributed by atoms with E-state index in [0.717, 1.165) is 23.9 Å². The summed E-state index contributed by atoms with van der Waals surface area (Å²) in [4.78, 5) is 10.6. The molecule has 1 heterocycles. The maximum Gasteiger partial charge on any atom is 0.141 e. The Balaban J connectivity index is 1.72. The molecule has 1 fully saturated rings. The molecular formula is C17H21N3S. The Hall–Kier alpha value is -1.55. The van der Waals surface area contributed by atoms with Crippen molar-refractivity contribution in [2.75, 3.05) is 11.9 Å². The molecule has 1 aromatic carbocycles. The van der Waals surface area contributed by atoms with E-state index in [0.29, 0.717) is 5.92 Å². The average Bonchev–Trinajstić information content (AvgIpc) is 3.31. The van der Waals surface area contributed by atoms with Crippen molar-refractivity contribution in [1.29, 1.82) is 0 Å². The molecule has 110 valence electrons. The highest BCUT2D eigenvalue weighted by atomic mass is 32.2. The second-order valence-electron chi connectivity index (χ2n) is 5.50. The number of rotatable bonds is 6. The molecule has 1 saturated carbocycles. The molecule has 0 aliphatic heterocycles. The molecule has 0 radical (unpaired) electrons. The number of aromatic nitrogens is 2. The van der Waals surface area contributed by atoms with Gasteiger partial charge in [0.1, 0.15) is 11.6 Å². The molecule has 0 unspecified atom stereocenters. The first-order valence-electron chi connectivity index (χ1n) is 7.56. The second-order valence-corrected chi connectivity index (χ2v) is 6.55. The van der Waals surface area contributed by atoms with Gasteiger partial charge in [-0.15, -0.1) is 11.8 Å². The van der Waals surface area contributed by atoms with E-state index >= 15 is 0 Å². The van der Waals surface area contributed by atoms with Gasteiger partial charge in [0.15, 0.2) is 0 Å². The van der Waals surface area contributed by atoms with Crippen LogP contribution in [0.2, 0.25) is 0 Å². The fourth-order valence-corrected chi connectivity index (χ4v) is 2.98. The fraction of sp³-hybridized carbons (Fsp3) is 0.412. The van der Waals surface area contributed by atoms with Gasteiger partial charge in [-0.3, -0.25) is 0 Å². The van der Waals surface area contributed by atoms with Gasteiger partial charge >= 0.3 is 0 Å². The smallest absolute Gasteiger partial charge is 0.141 e. The van der Waals surface area contributed by atoms with Crippen LogP contribution in [0.15, 0.2) is 35.2 Å². The predicted octanol–water partition coefficient (Wildman–Crippen LogP) is 4.39. The lowest BCUT2D eigenvalue weighted by Crippen LogP contribution is -2.05. The molecule has 1 aliphatic rings. The molecule has 1 N–H and O–H groups in total. The van der Waals surface area contributed by atoms with E-state index in [4.69, 9.17) is 4.98 Å². The van der Waals surface area contributed by atoms with E-state index < -0.39 is 0 Å². The first-order chi connectivity index (χ1) is 10.2. The van der Waals surface area contributed by atoms with Gasteiger partial charge < -0.3 is 5.32 Å². The monoisotopic (exact) mass is 299 g/mol. The van der Waals surface area contributed by atoms with Crippen LogP contribution in [0.5, 0.6) is 0 Å². The standard InChI is InChI=1S/C17H21N3S/c1-3-18-16-10-15(13-6-7-13)19-17(20-16)11-21-14-8-4-12(2)5-9-14/h4-5,8-10,13H,3,6-7,11H2,1-2H3,(H,18,19,20). The summed E-state index contributed by atoms with van der Waals surface area (Å²) in [5.74, 6) is 3.38. The molecule has 0 bridgehead atoms. The van der Waals surface area contributed by atoms with Crippen molar-refractivity contribution < 1.29 is 0 Å². The molecule has 3 rings (SSSR count). The maximum absolute atomic E-state index is 4.74. The molecule has 1 aliphatic carbocycles. The summed E-state index contributed by atoms with van der Waals surface area (Å²) in [5, 5.41) is 3.32. The minimum Gasteiger partial charge on any atom is -0.370 e. The molecule has 0 saturated heterocycles.